The molecule has 172 valence electrons. The maximum atomic E-state index is 13.6. The molecule has 2 heterocycles. The summed E-state index contributed by atoms with van der Waals surface area (Å²) < 4.78 is 7.26. The van der Waals surface area contributed by atoms with Gasteiger partial charge in [0, 0.05) is 30.1 Å². The third kappa shape index (κ3) is 3.71. The second-order valence-electron chi connectivity index (χ2n) is 8.71. The number of ether oxygens (including phenoxy) is 1. The Bertz CT molecular complexity index is 1390. The number of fused-ring (bicyclic) bond motifs is 3. The highest BCUT2D eigenvalue weighted by atomic mass is 16.5. The van der Waals surface area contributed by atoms with Crippen molar-refractivity contribution in [1.82, 2.24) is 14.8 Å². The quantitative estimate of drug-likeness (QED) is 0.472. The van der Waals surface area contributed by atoms with Gasteiger partial charge in [0.1, 0.15) is 18.0 Å². The minimum atomic E-state index is -0.357. The minimum absolute atomic E-state index is 0.0235. The number of hydrogen-bond donors (Lipinski definition) is 1. The second-order valence-corrected chi connectivity index (χ2v) is 8.71. The molecule has 0 unspecified atom stereocenters. The molecule has 6 nitrogen and oxygen atoms in total. The smallest absolute Gasteiger partial charge is 0.272 e. The molecule has 1 N–H and O–H groups in total. The average Bonchev–Trinajstić information content (AvgIpc) is 3.30. The van der Waals surface area contributed by atoms with Crippen molar-refractivity contribution in [3.63, 3.8) is 0 Å². The van der Waals surface area contributed by atoms with Gasteiger partial charge in [-0.25, -0.2) is 0 Å². The van der Waals surface area contributed by atoms with E-state index in [1.54, 1.807) is 12.0 Å². The summed E-state index contributed by atoms with van der Waals surface area (Å²) >= 11 is 0. The molecule has 34 heavy (non-hydrogen) atoms. The first kappa shape index (κ1) is 21.8. The second kappa shape index (κ2) is 8.71. The lowest BCUT2D eigenvalue weighted by Crippen LogP contribution is -2.39. The fourth-order valence-corrected chi connectivity index (χ4v) is 4.90. The van der Waals surface area contributed by atoms with Crippen LogP contribution in [-0.2, 0) is 18.4 Å². The van der Waals surface area contributed by atoms with Crippen molar-refractivity contribution in [2.24, 2.45) is 7.05 Å². The van der Waals surface area contributed by atoms with Crippen LogP contribution in [0.3, 0.4) is 0 Å². The van der Waals surface area contributed by atoms with Gasteiger partial charge in [-0.15, -0.1) is 0 Å². The molecular formula is C28H27N3O3. The normalized spacial score (nSPS) is 15.0. The fourth-order valence-electron chi connectivity index (χ4n) is 4.90. The summed E-state index contributed by atoms with van der Waals surface area (Å²) in [6.07, 6.45) is 0. The average molecular weight is 454 g/mol. The van der Waals surface area contributed by atoms with Crippen LogP contribution in [0.2, 0.25) is 0 Å². The summed E-state index contributed by atoms with van der Waals surface area (Å²) in [5.41, 5.74) is 5.69. The number of carbonyl (C=O) groups excluding carboxylic acids is 2. The maximum Gasteiger partial charge on any atom is 0.272 e. The summed E-state index contributed by atoms with van der Waals surface area (Å²) in [7, 11) is 3.53. The minimum Gasteiger partial charge on any atom is -0.497 e. The molecule has 6 heteroatoms. The van der Waals surface area contributed by atoms with Crippen molar-refractivity contribution >= 4 is 22.7 Å². The number of methoxy groups -OCH3 is 1. The Hall–Kier alpha value is -4.06. The zero-order chi connectivity index (χ0) is 23.8. The first-order valence-corrected chi connectivity index (χ1v) is 11.3. The van der Waals surface area contributed by atoms with Gasteiger partial charge < -0.3 is 19.5 Å². The molecule has 3 aromatic carbocycles. The lowest BCUT2D eigenvalue weighted by molar-refractivity contribution is -0.122. The van der Waals surface area contributed by atoms with Crippen LogP contribution < -0.4 is 10.1 Å². The summed E-state index contributed by atoms with van der Waals surface area (Å²) in [6, 6.07) is 23.4. The van der Waals surface area contributed by atoms with Gasteiger partial charge in [0.05, 0.1) is 13.2 Å². The molecule has 0 saturated carbocycles. The number of carbonyl (C=O) groups is 2. The molecular weight excluding hydrogens is 426 g/mol. The van der Waals surface area contributed by atoms with E-state index < -0.39 is 0 Å². The van der Waals surface area contributed by atoms with Crippen LogP contribution in [0.25, 0.3) is 10.9 Å². The van der Waals surface area contributed by atoms with Gasteiger partial charge in [-0.2, -0.15) is 0 Å². The van der Waals surface area contributed by atoms with E-state index in [9.17, 15) is 9.59 Å². The van der Waals surface area contributed by atoms with E-state index in [0.717, 1.165) is 38.9 Å². The first-order chi connectivity index (χ1) is 16.5. The lowest BCUT2D eigenvalue weighted by Gasteiger charge is -2.26. The van der Waals surface area contributed by atoms with Crippen LogP contribution >= 0.6 is 0 Å². The summed E-state index contributed by atoms with van der Waals surface area (Å²) in [5, 5.41) is 4.00. The SMILES string of the molecule is COc1ccc([C@H]2c3c(n(C)c4ccccc34)C(=O)N2CC(=O)NCc2cccc(C)c2)cc1. The van der Waals surface area contributed by atoms with Gasteiger partial charge >= 0.3 is 0 Å². The Morgan fingerprint density at radius 1 is 1.03 bits per heavy atom. The van der Waals surface area contributed by atoms with E-state index in [1.165, 1.54) is 0 Å². The van der Waals surface area contributed by atoms with Crippen LogP contribution in [0.5, 0.6) is 5.75 Å². The van der Waals surface area contributed by atoms with E-state index in [1.807, 2.05) is 91.3 Å². The molecule has 4 aromatic rings. The number of benzene rings is 3. The Morgan fingerprint density at radius 3 is 2.53 bits per heavy atom. The molecule has 1 aliphatic heterocycles. The van der Waals surface area contributed by atoms with Gasteiger partial charge in [-0.1, -0.05) is 60.2 Å². The van der Waals surface area contributed by atoms with Gasteiger partial charge in [-0.05, 0) is 36.2 Å². The zero-order valence-electron chi connectivity index (χ0n) is 19.5. The number of aryl methyl sites for hydroxylation is 2. The standard InChI is InChI=1S/C28H27N3O3/c1-18-7-6-8-19(15-18)16-29-24(32)17-31-26(20-11-13-21(34-3)14-12-20)25-22-9-4-5-10-23(22)30(2)27(25)28(31)33/h4-15,26H,16-17H2,1-3H3,(H,29,32)/t26-/m0/s1. The Morgan fingerprint density at radius 2 is 1.79 bits per heavy atom. The van der Waals surface area contributed by atoms with Crippen molar-refractivity contribution in [3.8, 4) is 5.75 Å². The molecule has 1 aliphatic rings. The van der Waals surface area contributed by atoms with Gasteiger partial charge in [0.15, 0.2) is 0 Å². The molecule has 1 aromatic heterocycles. The predicted molar refractivity (Wildman–Crippen MR) is 132 cm³/mol. The molecule has 0 spiro atoms. The highest BCUT2D eigenvalue weighted by Gasteiger charge is 2.42. The maximum absolute atomic E-state index is 13.6. The largest absolute Gasteiger partial charge is 0.497 e. The highest BCUT2D eigenvalue weighted by Crippen LogP contribution is 2.43. The van der Waals surface area contributed by atoms with Gasteiger partial charge in [0.2, 0.25) is 5.91 Å². The van der Waals surface area contributed by atoms with Crippen molar-refractivity contribution in [2.45, 2.75) is 19.5 Å². The Labute approximate surface area is 198 Å². The third-order valence-electron chi connectivity index (χ3n) is 6.51. The van der Waals surface area contributed by atoms with Crippen molar-refractivity contribution < 1.29 is 14.3 Å². The van der Waals surface area contributed by atoms with Crippen molar-refractivity contribution in [2.75, 3.05) is 13.7 Å². The molecule has 0 radical (unpaired) electrons. The summed E-state index contributed by atoms with van der Waals surface area (Å²) in [6.45, 7) is 2.42. The molecule has 0 bridgehead atoms. The van der Waals surface area contributed by atoms with E-state index in [4.69, 9.17) is 4.74 Å². The number of rotatable bonds is 6. The van der Waals surface area contributed by atoms with Crippen LogP contribution in [-0.4, -0.2) is 34.9 Å². The number of para-hydroxylation sites is 1. The van der Waals surface area contributed by atoms with Crippen molar-refractivity contribution in [1.29, 1.82) is 0 Å². The first-order valence-electron chi connectivity index (χ1n) is 11.3. The number of nitrogens with zero attached hydrogens (tertiary/aromatic N) is 2. The van der Waals surface area contributed by atoms with E-state index in [2.05, 4.69) is 5.32 Å². The predicted octanol–water partition coefficient (Wildman–Crippen LogP) is 4.36. The molecule has 2 amide bonds. The molecule has 5 rings (SSSR count). The molecule has 0 aliphatic carbocycles. The van der Waals surface area contributed by atoms with E-state index >= 15 is 0 Å². The molecule has 1 atom stereocenters. The molecule has 0 fully saturated rings. The van der Waals surface area contributed by atoms with E-state index in [-0.39, 0.29) is 24.4 Å². The fraction of sp³-hybridized carbons (Fsp3) is 0.214. The Balaban J connectivity index is 1.49. The van der Waals surface area contributed by atoms with Gasteiger partial charge in [0.25, 0.3) is 5.91 Å². The van der Waals surface area contributed by atoms with Crippen LogP contribution in [0.1, 0.15) is 38.8 Å². The topological polar surface area (TPSA) is 63.6 Å². The van der Waals surface area contributed by atoms with E-state index in [0.29, 0.717) is 12.2 Å². The van der Waals surface area contributed by atoms with Gasteiger partial charge in [-0.3, -0.25) is 9.59 Å². The number of hydrogen-bond acceptors (Lipinski definition) is 3. The summed E-state index contributed by atoms with van der Waals surface area (Å²) in [4.78, 5) is 28.3. The zero-order valence-corrected chi connectivity index (χ0v) is 19.5. The number of amides is 2. The Kier molecular flexibility index (Phi) is 5.57. The summed E-state index contributed by atoms with van der Waals surface area (Å²) in [5.74, 6) is 0.416. The third-order valence-corrected chi connectivity index (χ3v) is 6.51. The van der Waals surface area contributed by atoms with Crippen LogP contribution in [0.15, 0.2) is 72.8 Å². The monoisotopic (exact) mass is 453 g/mol. The highest BCUT2D eigenvalue weighted by molar-refractivity contribution is 6.07. The van der Waals surface area contributed by atoms with Crippen molar-refractivity contribution in [3.05, 3.63) is 101 Å². The number of nitrogens with one attached hydrogen (secondary N) is 1. The van der Waals surface area contributed by atoms with Crippen LogP contribution in [0.4, 0.5) is 0 Å². The van der Waals surface area contributed by atoms with Crippen LogP contribution in [0, 0.1) is 6.92 Å². The molecule has 0 saturated heterocycles. The lowest BCUT2D eigenvalue weighted by atomic mass is 9.98. The number of aromatic nitrogens is 1.